The normalized spacial score (nSPS) is 15.3. The molecule has 0 atom stereocenters. The van der Waals surface area contributed by atoms with Crippen LogP contribution in [-0.2, 0) is 21.0 Å². The van der Waals surface area contributed by atoms with E-state index < -0.39 is 21.9 Å². The highest BCUT2D eigenvalue weighted by Crippen LogP contribution is 2.39. The Kier molecular flexibility index (Phi) is 6.45. The second-order valence-electron chi connectivity index (χ2n) is 8.20. The van der Waals surface area contributed by atoms with Gasteiger partial charge >= 0.3 is 6.18 Å². The Bertz CT molecular complexity index is 1240. The van der Waals surface area contributed by atoms with Gasteiger partial charge in [-0.2, -0.15) is 13.2 Å². The van der Waals surface area contributed by atoms with Crippen LogP contribution in [0.5, 0.6) is 0 Å². The standard InChI is InChI=1S/C22H25F3N6O2S/c1-34(2,32)30-17-6-4-3-5-14(17)18-12-19(29-21(28-18)31-7-9-33-10-8-31)15-13-27-20(26)11-16(15)22(23,24)25/h3-6,11-13,34H,7-10H2,1-2H3,(H2,26,27)(H,30,32). The van der Waals surface area contributed by atoms with Gasteiger partial charge in [0.15, 0.2) is 0 Å². The number of benzene rings is 1. The summed E-state index contributed by atoms with van der Waals surface area (Å²) in [7, 11) is -2.67. The smallest absolute Gasteiger partial charge is 0.384 e. The highest BCUT2D eigenvalue weighted by Gasteiger charge is 2.35. The Labute approximate surface area is 195 Å². The summed E-state index contributed by atoms with van der Waals surface area (Å²) in [5, 5.41) is 0. The fourth-order valence-electron chi connectivity index (χ4n) is 3.62. The lowest BCUT2D eigenvalue weighted by molar-refractivity contribution is -0.137. The van der Waals surface area contributed by atoms with Gasteiger partial charge in [-0.3, -0.25) is 4.21 Å². The highest BCUT2D eigenvalue weighted by atomic mass is 32.3. The van der Waals surface area contributed by atoms with Crippen molar-refractivity contribution in [2.45, 2.75) is 6.18 Å². The van der Waals surface area contributed by atoms with Crippen molar-refractivity contribution in [3.8, 4) is 22.5 Å². The fourth-order valence-corrected chi connectivity index (χ4v) is 4.39. The molecule has 0 spiro atoms. The van der Waals surface area contributed by atoms with Gasteiger partial charge in [-0.25, -0.2) is 15.0 Å². The molecular weight excluding hydrogens is 469 g/mol. The molecule has 3 aromatic rings. The average molecular weight is 495 g/mol. The van der Waals surface area contributed by atoms with Gasteiger partial charge in [0.1, 0.15) is 5.82 Å². The summed E-state index contributed by atoms with van der Waals surface area (Å²) in [6.07, 6.45) is -0.412. The molecule has 3 heterocycles. The van der Waals surface area contributed by atoms with E-state index >= 15 is 0 Å². The summed E-state index contributed by atoms with van der Waals surface area (Å²) in [5.41, 5.74) is 5.98. The zero-order valence-electron chi connectivity index (χ0n) is 18.6. The Balaban J connectivity index is 1.93. The van der Waals surface area contributed by atoms with Gasteiger partial charge in [0.05, 0.1) is 35.9 Å². The van der Waals surface area contributed by atoms with Crippen molar-refractivity contribution in [3.63, 3.8) is 0 Å². The van der Waals surface area contributed by atoms with Crippen LogP contribution in [0.25, 0.3) is 22.5 Å². The zero-order valence-corrected chi connectivity index (χ0v) is 19.5. The first-order valence-corrected chi connectivity index (χ1v) is 13.1. The number of halogens is 3. The number of nitrogens with one attached hydrogen (secondary N) is 1. The van der Waals surface area contributed by atoms with Crippen LogP contribution in [0.2, 0.25) is 0 Å². The quantitative estimate of drug-likeness (QED) is 0.468. The maximum absolute atomic E-state index is 13.8. The van der Waals surface area contributed by atoms with Crippen LogP contribution in [0.15, 0.2) is 42.6 Å². The van der Waals surface area contributed by atoms with E-state index in [0.29, 0.717) is 43.2 Å². The number of thiol groups is 1. The second kappa shape index (κ2) is 9.18. The van der Waals surface area contributed by atoms with Gasteiger partial charge in [0.2, 0.25) is 5.95 Å². The molecule has 1 aliphatic heterocycles. The number of hydrogen-bond acceptors (Lipinski definition) is 7. The molecule has 4 rings (SSSR count). The Morgan fingerprint density at radius 3 is 2.35 bits per heavy atom. The summed E-state index contributed by atoms with van der Waals surface area (Å²) in [5.74, 6) is 0.0293. The number of anilines is 3. The van der Waals surface area contributed by atoms with Gasteiger partial charge in [0.25, 0.3) is 0 Å². The second-order valence-corrected chi connectivity index (χ2v) is 11.1. The van der Waals surface area contributed by atoms with Crippen LogP contribution in [0.4, 0.5) is 30.6 Å². The van der Waals surface area contributed by atoms with Gasteiger partial charge in [-0.1, -0.05) is 18.2 Å². The van der Waals surface area contributed by atoms with E-state index in [-0.39, 0.29) is 23.0 Å². The minimum Gasteiger partial charge on any atom is -0.384 e. The van der Waals surface area contributed by atoms with Crippen LogP contribution >= 0.6 is 0 Å². The molecule has 0 aliphatic carbocycles. The summed E-state index contributed by atoms with van der Waals surface area (Å²) in [6, 6.07) is 9.34. The summed E-state index contributed by atoms with van der Waals surface area (Å²) in [6.45, 7) is 1.89. The number of nitrogens with two attached hydrogens (primary N) is 1. The van der Waals surface area contributed by atoms with Crippen LogP contribution in [-0.4, -0.2) is 58.0 Å². The first-order valence-electron chi connectivity index (χ1n) is 10.5. The Morgan fingerprint density at radius 2 is 1.71 bits per heavy atom. The fraction of sp³-hybridized carbons (Fsp3) is 0.318. The van der Waals surface area contributed by atoms with Crippen LogP contribution < -0.4 is 15.4 Å². The molecule has 1 aromatic carbocycles. The summed E-state index contributed by atoms with van der Waals surface area (Å²) >= 11 is 0. The molecule has 8 nitrogen and oxygen atoms in total. The van der Waals surface area contributed by atoms with Crippen LogP contribution in [0.3, 0.4) is 0 Å². The van der Waals surface area contributed by atoms with Gasteiger partial charge in [-0.05, 0) is 28.3 Å². The van der Waals surface area contributed by atoms with E-state index in [0.717, 1.165) is 12.3 Å². The van der Waals surface area contributed by atoms with E-state index in [4.69, 9.17) is 10.5 Å². The number of pyridine rings is 1. The minimum absolute atomic E-state index is 0.0531. The van der Waals surface area contributed by atoms with Gasteiger partial charge in [0, 0.05) is 42.9 Å². The predicted octanol–water partition coefficient (Wildman–Crippen LogP) is 3.25. The molecule has 0 amide bonds. The highest BCUT2D eigenvalue weighted by molar-refractivity contribution is 8.02. The number of morpholine rings is 1. The lowest BCUT2D eigenvalue weighted by atomic mass is 10.0. The van der Waals surface area contributed by atoms with E-state index in [1.807, 2.05) is 4.90 Å². The lowest BCUT2D eigenvalue weighted by Crippen LogP contribution is -2.37. The molecule has 1 aliphatic rings. The van der Waals surface area contributed by atoms with Crippen molar-refractivity contribution in [1.82, 2.24) is 15.0 Å². The van der Waals surface area contributed by atoms with E-state index in [1.54, 1.807) is 36.8 Å². The Morgan fingerprint density at radius 1 is 1.06 bits per heavy atom. The first-order chi connectivity index (χ1) is 16.0. The van der Waals surface area contributed by atoms with Crippen molar-refractivity contribution in [1.29, 1.82) is 0 Å². The SMILES string of the molecule is C[SH](C)(=O)Nc1ccccc1-c1cc(-c2cnc(N)cc2C(F)(F)F)nc(N2CCOCC2)n1. The third-order valence-corrected chi connectivity index (χ3v) is 5.89. The molecule has 182 valence electrons. The van der Waals surface area contributed by atoms with Crippen molar-refractivity contribution in [2.75, 3.05) is 54.2 Å². The molecule has 34 heavy (non-hydrogen) atoms. The minimum atomic E-state index is -4.66. The number of nitrogens with zero attached hydrogens (tertiary/aromatic N) is 4. The van der Waals surface area contributed by atoms with Gasteiger partial charge in [-0.15, -0.1) is 0 Å². The number of aromatic nitrogens is 3. The molecule has 0 saturated carbocycles. The lowest BCUT2D eigenvalue weighted by Gasteiger charge is -2.28. The largest absolute Gasteiger partial charge is 0.417 e. The van der Waals surface area contributed by atoms with E-state index in [9.17, 15) is 17.4 Å². The molecule has 12 heteroatoms. The molecule has 0 bridgehead atoms. The maximum atomic E-state index is 13.8. The van der Waals surface area contributed by atoms with Crippen LogP contribution in [0.1, 0.15) is 5.56 Å². The van der Waals surface area contributed by atoms with E-state index in [1.165, 1.54) is 6.07 Å². The number of hydrogen-bond donors (Lipinski definition) is 3. The van der Waals surface area contributed by atoms with Gasteiger partial charge < -0.3 is 20.1 Å². The third-order valence-electron chi connectivity index (χ3n) is 5.11. The average Bonchev–Trinajstić information content (AvgIpc) is 2.78. The zero-order chi connectivity index (χ0) is 24.5. The first kappa shape index (κ1) is 23.9. The third kappa shape index (κ3) is 5.45. The number of para-hydroxylation sites is 1. The molecule has 3 N–H and O–H groups in total. The summed E-state index contributed by atoms with van der Waals surface area (Å²) in [4.78, 5) is 14.9. The number of nitrogen functional groups attached to an aromatic ring is 1. The van der Waals surface area contributed by atoms with Crippen molar-refractivity contribution in [2.24, 2.45) is 0 Å². The number of ether oxygens (including phenoxy) is 1. The molecule has 0 unspecified atom stereocenters. The molecule has 1 saturated heterocycles. The Hall–Kier alpha value is -3.25. The monoisotopic (exact) mass is 494 g/mol. The number of rotatable bonds is 5. The molecule has 2 aromatic heterocycles. The molecular formula is C22H25F3N6O2S. The predicted molar refractivity (Wildman–Crippen MR) is 128 cm³/mol. The molecule has 1 fully saturated rings. The van der Waals surface area contributed by atoms with Crippen molar-refractivity contribution in [3.05, 3.63) is 48.2 Å². The van der Waals surface area contributed by atoms with Crippen molar-refractivity contribution >= 4 is 27.6 Å². The maximum Gasteiger partial charge on any atom is 0.417 e. The van der Waals surface area contributed by atoms with Crippen LogP contribution in [0, 0.1) is 0 Å². The number of alkyl halides is 3. The van der Waals surface area contributed by atoms with Crippen molar-refractivity contribution < 1.29 is 22.1 Å². The van der Waals surface area contributed by atoms with E-state index in [2.05, 4.69) is 19.7 Å². The topological polar surface area (TPSA) is 106 Å². The summed E-state index contributed by atoms with van der Waals surface area (Å²) < 4.78 is 62.4. The molecule has 0 radical (unpaired) electrons.